The molecule has 102 valence electrons. The number of rotatable bonds is 4. The van der Waals surface area contributed by atoms with E-state index in [2.05, 4.69) is 4.98 Å². The first-order chi connectivity index (χ1) is 8.23. The Bertz CT molecular complexity index is 431. The highest BCUT2D eigenvalue weighted by Gasteiger charge is 2.31. The molecule has 0 fully saturated rings. The van der Waals surface area contributed by atoms with Gasteiger partial charge in [0.15, 0.2) is 4.34 Å². The van der Waals surface area contributed by atoms with E-state index in [-0.39, 0.29) is 28.4 Å². The number of carbonyl (C=O) groups excluding carboxylic acids is 1. The van der Waals surface area contributed by atoms with Crippen molar-refractivity contribution in [1.82, 2.24) is 9.88 Å². The van der Waals surface area contributed by atoms with E-state index in [1.807, 2.05) is 6.92 Å². The van der Waals surface area contributed by atoms with Gasteiger partial charge in [-0.1, -0.05) is 0 Å². The fraction of sp³-hybridized carbons (Fsp3) is 0.600. The third kappa shape index (κ3) is 4.49. The Morgan fingerprint density at radius 2 is 2.11 bits per heavy atom. The number of thiazole rings is 1. The maximum atomic E-state index is 12.2. The first-order valence-corrected chi connectivity index (χ1v) is 6.82. The van der Waals surface area contributed by atoms with Crippen molar-refractivity contribution in [2.45, 2.75) is 30.1 Å². The normalized spacial score (nSPS) is 11.7. The molecule has 0 spiro atoms. The number of alkyl halides is 3. The van der Waals surface area contributed by atoms with Crippen molar-refractivity contribution in [2.24, 2.45) is 0 Å². The molecule has 0 aromatic carbocycles. The zero-order valence-corrected chi connectivity index (χ0v) is 11.8. The van der Waals surface area contributed by atoms with Crippen LogP contribution in [0.15, 0.2) is 4.34 Å². The number of hydrogen-bond donors (Lipinski definition) is 0. The molecule has 1 amide bonds. The first-order valence-electron chi connectivity index (χ1n) is 5.19. The Morgan fingerprint density at radius 1 is 1.50 bits per heavy atom. The zero-order valence-electron chi connectivity index (χ0n) is 10.2. The van der Waals surface area contributed by atoms with Crippen LogP contribution in [-0.2, 0) is 11.2 Å². The summed E-state index contributed by atoms with van der Waals surface area (Å²) in [7, 11) is 1.66. The van der Waals surface area contributed by atoms with Crippen LogP contribution in [0.25, 0.3) is 0 Å². The topological polar surface area (TPSA) is 33.2 Å². The number of hydrogen-bond acceptors (Lipinski definition) is 4. The Morgan fingerprint density at radius 3 is 2.61 bits per heavy atom. The van der Waals surface area contributed by atoms with Gasteiger partial charge in [-0.2, -0.15) is 13.2 Å². The Hall–Kier alpha value is -0.760. The number of carbonyl (C=O) groups is 1. The molecule has 0 radical (unpaired) electrons. The number of likely N-dealkylation sites (N-methyl/N-ethyl adjacent to an activating group) is 1. The summed E-state index contributed by atoms with van der Waals surface area (Å²) in [6.07, 6.45) is 0.103. The van der Waals surface area contributed by atoms with Crippen LogP contribution >= 0.6 is 23.1 Å². The third-order valence-corrected chi connectivity index (χ3v) is 4.24. The zero-order chi connectivity index (χ0) is 13.9. The van der Waals surface area contributed by atoms with Crippen molar-refractivity contribution in [3.8, 4) is 0 Å². The lowest BCUT2D eigenvalue weighted by atomic mass is 10.3. The second-order valence-corrected chi connectivity index (χ2v) is 6.02. The van der Waals surface area contributed by atoms with Crippen molar-refractivity contribution in [3.05, 3.63) is 10.6 Å². The van der Waals surface area contributed by atoms with Crippen LogP contribution in [0, 0.1) is 6.92 Å². The summed E-state index contributed by atoms with van der Waals surface area (Å²) >= 11 is 0.686. The van der Waals surface area contributed by atoms with Crippen molar-refractivity contribution < 1.29 is 18.0 Å². The van der Waals surface area contributed by atoms with Gasteiger partial charge in [0, 0.05) is 30.2 Å². The average molecular weight is 298 g/mol. The molecule has 0 unspecified atom stereocenters. The monoisotopic (exact) mass is 298 g/mol. The molecule has 3 nitrogen and oxygen atoms in total. The molecule has 1 heterocycles. The Labute approximate surface area is 111 Å². The van der Waals surface area contributed by atoms with Gasteiger partial charge in [-0.3, -0.25) is 4.79 Å². The largest absolute Gasteiger partial charge is 0.448 e. The van der Waals surface area contributed by atoms with Crippen LogP contribution in [0.3, 0.4) is 0 Å². The fourth-order valence-electron chi connectivity index (χ4n) is 1.16. The molecule has 0 N–H and O–H groups in total. The minimum atomic E-state index is -4.34. The summed E-state index contributed by atoms with van der Waals surface area (Å²) < 4.78 is 36.5. The van der Waals surface area contributed by atoms with Crippen molar-refractivity contribution in [3.63, 3.8) is 0 Å². The number of aromatic nitrogens is 1. The van der Waals surface area contributed by atoms with Gasteiger partial charge in [-0.05, 0) is 13.8 Å². The molecule has 0 aliphatic rings. The van der Waals surface area contributed by atoms with E-state index in [1.54, 1.807) is 14.0 Å². The minimum absolute atomic E-state index is 0.0676. The second kappa shape index (κ2) is 5.92. The molecule has 18 heavy (non-hydrogen) atoms. The molecule has 1 aromatic heterocycles. The van der Waals surface area contributed by atoms with Crippen molar-refractivity contribution >= 4 is 29.0 Å². The van der Waals surface area contributed by atoms with Gasteiger partial charge < -0.3 is 4.90 Å². The van der Waals surface area contributed by atoms with Crippen LogP contribution in [-0.4, -0.2) is 34.9 Å². The predicted octanol–water partition coefficient (Wildman–Crippen LogP) is 3.08. The number of halogens is 3. The van der Waals surface area contributed by atoms with Gasteiger partial charge in [0.2, 0.25) is 5.91 Å². The van der Waals surface area contributed by atoms with E-state index in [1.165, 1.54) is 4.90 Å². The standard InChI is InChI=1S/C10H13F3N2OS2/c1-4-15(3)8(16)5-7-6(2)14-9(17-7)18-10(11,12)13/h4-5H2,1-3H3. The van der Waals surface area contributed by atoms with Gasteiger partial charge in [-0.15, -0.1) is 11.3 Å². The Kier molecular flexibility index (Phi) is 5.03. The highest BCUT2D eigenvalue weighted by atomic mass is 32.2. The lowest BCUT2D eigenvalue weighted by Crippen LogP contribution is -2.27. The molecular formula is C10H13F3N2OS2. The molecule has 1 rings (SSSR count). The van der Waals surface area contributed by atoms with E-state index in [0.717, 1.165) is 11.3 Å². The van der Waals surface area contributed by atoms with E-state index in [4.69, 9.17) is 0 Å². The molecule has 0 aliphatic carbocycles. The number of thioether (sulfide) groups is 1. The Balaban J connectivity index is 2.76. The lowest BCUT2D eigenvalue weighted by molar-refractivity contribution is -0.128. The summed E-state index contributed by atoms with van der Waals surface area (Å²) in [5, 5.41) is 0. The fourth-order valence-corrected chi connectivity index (χ4v) is 3.07. The average Bonchev–Trinajstić information content (AvgIpc) is 2.55. The van der Waals surface area contributed by atoms with Crippen LogP contribution < -0.4 is 0 Å². The molecule has 0 bridgehead atoms. The van der Waals surface area contributed by atoms with Gasteiger partial charge in [0.1, 0.15) is 0 Å². The van der Waals surface area contributed by atoms with Crippen molar-refractivity contribution in [2.75, 3.05) is 13.6 Å². The second-order valence-electron chi connectivity index (χ2n) is 3.62. The van der Waals surface area contributed by atoms with E-state index in [9.17, 15) is 18.0 Å². The molecule has 1 aromatic rings. The SMILES string of the molecule is CCN(C)C(=O)Cc1sc(SC(F)(F)F)nc1C. The lowest BCUT2D eigenvalue weighted by Gasteiger charge is -2.13. The molecule has 8 heteroatoms. The molecular weight excluding hydrogens is 285 g/mol. The highest BCUT2D eigenvalue weighted by Crippen LogP contribution is 2.39. The van der Waals surface area contributed by atoms with Crippen molar-refractivity contribution in [1.29, 1.82) is 0 Å². The van der Waals surface area contributed by atoms with Gasteiger partial charge >= 0.3 is 5.51 Å². The number of nitrogens with zero attached hydrogens (tertiary/aromatic N) is 2. The number of aryl methyl sites for hydroxylation is 1. The molecule has 0 saturated carbocycles. The quantitative estimate of drug-likeness (QED) is 0.801. The maximum absolute atomic E-state index is 12.2. The van der Waals surface area contributed by atoms with Gasteiger partial charge in [0.05, 0.1) is 12.1 Å². The van der Waals surface area contributed by atoms with Crippen LogP contribution in [0.2, 0.25) is 0 Å². The summed E-state index contributed by atoms with van der Waals surface area (Å²) in [6, 6.07) is 0. The maximum Gasteiger partial charge on any atom is 0.448 e. The highest BCUT2D eigenvalue weighted by molar-refractivity contribution is 8.01. The van der Waals surface area contributed by atoms with E-state index in [0.29, 0.717) is 17.1 Å². The molecule has 0 saturated heterocycles. The van der Waals surface area contributed by atoms with Crippen LogP contribution in [0.1, 0.15) is 17.5 Å². The van der Waals surface area contributed by atoms with Crippen LogP contribution in [0.4, 0.5) is 13.2 Å². The predicted molar refractivity (Wildman–Crippen MR) is 65.8 cm³/mol. The summed E-state index contributed by atoms with van der Waals surface area (Å²) in [4.78, 5) is 17.6. The minimum Gasteiger partial charge on any atom is -0.346 e. The van der Waals surface area contributed by atoms with E-state index >= 15 is 0 Å². The smallest absolute Gasteiger partial charge is 0.346 e. The summed E-state index contributed by atoms with van der Waals surface area (Å²) in [6.45, 7) is 4.02. The van der Waals surface area contributed by atoms with Crippen LogP contribution in [0.5, 0.6) is 0 Å². The molecule has 0 atom stereocenters. The number of amides is 1. The van der Waals surface area contributed by atoms with Gasteiger partial charge in [0.25, 0.3) is 0 Å². The summed E-state index contributed by atoms with van der Waals surface area (Å²) in [5.74, 6) is -0.118. The molecule has 0 aliphatic heterocycles. The van der Waals surface area contributed by atoms with Gasteiger partial charge in [-0.25, -0.2) is 4.98 Å². The third-order valence-electron chi connectivity index (χ3n) is 2.29. The van der Waals surface area contributed by atoms with E-state index < -0.39 is 5.51 Å². The summed E-state index contributed by atoms with van der Waals surface area (Å²) in [5.41, 5.74) is -3.85. The first kappa shape index (κ1) is 15.3.